The van der Waals surface area contributed by atoms with Gasteiger partial charge in [0, 0.05) is 24.6 Å². The van der Waals surface area contributed by atoms with Gasteiger partial charge in [-0.05, 0) is 18.9 Å². The number of hydrogen-bond acceptors (Lipinski definition) is 4. The van der Waals surface area contributed by atoms with E-state index in [2.05, 4.69) is 5.32 Å². The largest absolute Gasteiger partial charge is 0.475 e. The summed E-state index contributed by atoms with van der Waals surface area (Å²) in [6.07, 6.45) is 2.13. The number of rotatable bonds is 5. The van der Waals surface area contributed by atoms with Crippen LogP contribution >= 0.6 is 0 Å². The molecule has 2 fully saturated rings. The lowest BCUT2D eigenvalue weighted by Gasteiger charge is -2.15. The van der Waals surface area contributed by atoms with Crippen molar-refractivity contribution in [3.05, 3.63) is 29.6 Å². The summed E-state index contributed by atoms with van der Waals surface area (Å²) in [6.45, 7) is 0.896. The van der Waals surface area contributed by atoms with Crippen molar-refractivity contribution in [2.75, 3.05) is 6.61 Å². The van der Waals surface area contributed by atoms with E-state index < -0.39 is 17.9 Å². The van der Waals surface area contributed by atoms with Crippen molar-refractivity contribution < 1.29 is 18.7 Å². The van der Waals surface area contributed by atoms with Gasteiger partial charge in [0.1, 0.15) is 0 Å². The molecule has 1 aliphatic heterocycles. The van der Waals surface area contributed by atoms with Crippen LogP contribution in [0.25, 0.3) is 0 Å². The third-order valence-corrected chi connectivity index (χ3v) is 3.35. The lowest BCUT2D eigenvalue weighted by molar-refractivity contribution is -0.143. The zero-order valence-electron chi connectivity index (χ0n) is 10.5. The fourth-order valence-electron chi connectivity index (χ4n) is 2.09. The highest BCUT2D eigenvalue weighted by molar-refractivity contribution is 5.76. The molecule has 3 rings (SSSR count). The average molecular weight is 265 g/mol. The number of hydrogen-bond donors (Lipinski definition) is 1. The molecule has 0 bridgehead atoms. The van der Waals surface area contributed by atoms with Gasteiger partial charge in [-0.1, -0.05) is 12.1 Å². The molecule has 1 unspecified atom stereocenters. The van der Waals surface area contributed by atoms with E-state index in [1.807, 2.05) is 6.07 Å². The van der Waals surface area contributed by atoms with Gasteiger partial charge in [0.2, 0.25) is 0 Å². The van der Waals surface area contributed by atoms with Gasteiger partial charge in [0.25, 0.3) is 0 Å². The maximum Gasteiger partial charge on any atom is 0.347 e. The fourth-order valence-corrected chi connectivity index (χ4v) is 2.09. The second-order valence-corrected chi connectivity index (χ2v) is 4.95. The smallest absolute Gasteiger partial charge is 0.347 e. The second-order valence-electron chi connectivity index (χ2n) is 4.95. The molecule has 1 aromatic rings. The number of ether oxygens (including phenoxy) is 2. The van der Waals surface area contributed by atoms with Crippen molar-refractivity contribution in [3.8, 4) is 5.75 Å². The third-order valence-electron chi connectivity index (χ3n) is 3.35. The van der Waals surface area contributed by atoms with Crippen LogP contribution in [0.3, 0.4) is 0 Å². The Bertz CT molecular complexity index is 488. The first-order valence-electron chi connectivity index (χ1n) is 6.58. The van der Waals surface area contributed by atoms with Crippen LogP contribution in [0.5, 0.6) is 5.75 Å². The van der Waals surface area contributed by atoms with Crippen LogP contribution < -0.4 is 10.1 Å². The Morgan fingerprint density at radius 1 is 1.37 bits per heavy atom. The first kappa shape index (κ1) is 12.4. The normalized spacial score (nSPS) is 22.4. The van der Waals surface area contributed by atoms with Crippen LogP contribution in [0.1, 0.15) is 24.8 Å². The van der Waals surface area contributed by atoms with E-state index >= 15 is 0 Å². The molecule has 0 spiro atoms. The van der Waals surface area contributed by atoms with Crippen LogP contribution in [0.2, 0.25) is 0 Å². The van der Waals surface area contributed by atoms with Gasteiger partial charge in [0.05, 0.1) is 6.61 Å². The van der Waals surface area contributed by atoms with E-state index in [0.29, 0.717) is 25.6 Å². The number of carbonyl (C=O) groups excluding carboxylic acids is 1. The average Bonchev–Trinajstić information content (AvgIpc) is 3.14. The molecule has 19 heavy (non-hydrogen) atoms. The molecule has 0 aromatic heterocycles. The minimum Gasteiger partial charge on any atom is -0.475 e. The number of benzene rings is 1. The lowest BCUT2D eigenvalue weighted by atomic mass is 10.2. The van der Waals surface area contributed by atoms with Gasteiger partial charge in [-0.2, -0.15) is 0 Å². The molecule has 1 N–H and O–H groups in total. The van der Waals surface area contributed by atoms with E-state index in [-0.39, 0.29) is 5.75 Å². The standard InChI is InChI=1S/C14H16FNO3/c15-11-3-1-2-9(8-16-10-4-5-10)13(11)19-12-6-7-18-14(12)17/h1-3,10,12,16H,4-8H2. The Morgan fingerprint density at radius 3 is 2.89 bits per heavy atom. The van der Waals surface area contributed by atoms with Gasteiger partial charge in [-0.3, -0.25) is 0 Å². The zero-order chi connectivity index (χ0) is 13.2. The van der Waals surface area contributed by atoms with E-state index in [9.17, 15) is 9.18 Å². The van der Waals surface area contributed by atoms with E-state index in [1.54, 1.807) is 6.07 Å². The Hall–Kier alpha value is -1.62. The highest BCUT2D eigenvalue weighted by Gasteiger charge is 2.30. The molecule has 1 atom stereocenters. The molecule has 1 saturated heterocycles. The molecule has 1 aromatic carbocycles. The van der Waals surface area contributed by atoms with Crippen molar-refractivity contribution in [3.63, 3.8) is 0 Å². The molecule has 4 nitrogen and oxygen atoms in total. The predicted molar refractivity (Wildman–Crippen MR) is 66.3 cm³/mol. The molecule has 0 radical (unpaired) electrons. The maximum absolute atomic E-state index is 13.9. The summed E-state index contributed by atoms with van der Waals surface area (Å²) in [6, 6.07) is 5.34. The second kappa shape index (κ2) is 5.17. The maximum atomic E-state index is 13.9. The Balaban J connectivity index is 1.75. The summed E-state index contributed by atoms with van der Waals surface area (Å²) >= 11 is 0. The van der Waals surface area contributed by atoms with E-state index in [4.69, 9.17) is 9.47 Å². The summed E-state index contributed by atoms with van der Waals surface area (Å²) in [5.74, 6) is -0.682. The van der Waals surface area contributed by atoms with Crippen LogP contribution in [0, 0.1) is 5.82 Å². The first-order chi connectivity index (χ1) is 9.24. The first-order valence-corrected chi connectivity index (χ1v) is 6.58. The van der Waals surface area contributed by atoms with E-state index in [1.165, 1.54) is 18.9 Å². The highest BCUT2D eigenvalue weighted by atomic mass is 19.1. The lowest BCUT2D eigenvalue weighted by Crippen LogP contribution is -2.24. The summed E-state index contributed by atoms with van der Waals surface area (Å²) < 4.78 is 24.2. The zero-order valence-corrected chi connectivity index (χ0v) is 10.5. The monoisotopic (exact) mass is 265 g/mol. The van der Waals surface area contributed by atoms with Gasteiger partial charge < -0.3 is 14.8 Å². The van der Waals surface area contributed by atoms with Crippen molar-refractivity contribution in [1.82, 2.24) is 5.32 Å². The topological polar surface area (TPSA) is 47.6 Å². The molecule has 102 valence electrons. The molecule has 5 heteroatoms. The van der Waals surface area contributed by atoms with Crippen molar-refractivity contribution in [2.24, 2.45) is 0 Å². The van der Waals surface area contributed by atoms with Gasteiger partial charge in [-0.15, -0.1) is 0 Å². The molecule has 2 aliphatic rings. The summed E-state index contributed by atoms with van der Waals surface area (Å²) in [5.41, 5.74) is 0.742. The summed E-state index contributed by atoms with van der Waals surface area (Å²) in [5, 5.41) is 3.31. The minimum atomic E-state index is -0.684. The Labute approximate surface area is 110 Å². The van der Waals surface area contributed by atoms with Gasteiger partial charge in [-0.25, -0.2) is 9.18 Å². The predicted octanol–water partition coefficient (Wildman–Crippen LogP) is 1.77. The Morgan fingerprint density at radius 2 is 2.21 bits per heavy atom. The number of esters is 1. The molecule has 1 heterocycles. The van der Waals surface area contributed by atoms with Crippen molar-refractivity contribution >= 4 is 5.97 Å². The molecule has 0 amide bonds. The number of para-hydroxylation sites is 1. The Kier molecular flexibility index (Phi) is 3.38. The number of nitrogens with one attached hydrogen (secondary N) is 1. The van der Waals surface area contributed by atoms with Crippen LogP contribution in [0.4, 0.5) is 4.39 Å². The SMILES string of the molecule is O=C1OCCC1Oc1c(F)cccc1CNC1CC1. The minimum absolute atomic E-state index is 0.166. The summed E-state index contributed by atoms with van der Waals surface area (Å²) in [4.78, 5) is 11.4. The van der Waals surface area contributed by atoms with Crippen LogP contribution in [-0.4, -0.2) is 24.7 Å². The highest BCUT2D eigenvalue weighted by Crippen LogP contribution is 2.27. The van der Waals surface area contributed by atoms with Crippen LogP contribution in [-0.2, 0) is 16.1 Å². The molecule has 1 saturated carbocycles. The summed E-state index contributed by atoms with van der Waals surface area (Å²) in [7, 11) is 0. The van der Waals surface area contributed by atoms with Crippen molar-refractivity contribution in [2.45, 2.75) is 38.0 Å². The van der Waals surface area contributed by atoms with E-state index in [0.717, 1.165) is 5.56 Å². The molecular weight excluding hydrogens is 249 g/mol. The molecular formula is C14H16FNO3. The number of halogens is 1. The van der Waals surface area contributed by atoms with Crippen molar-refractivity contribution in [1.29, 1.82) is 0 Å². The molecule has 1 aliphatic carbocycles. The van der Waals surface area contributed by atoms with Crippen LogP contribution in [0.15, 0.2) is 18.2 Å². The van der Waals surface area contributed by atoms with Gasteiger partial charge >= 0.3 is 5.97 Å². The quantitative estimate of drug-likeness (QED) is 0.824. The number of carbonyl (C=O) groups is 1. The third kappa shape index (κ3) is 2.87. The van der Waals surface area contributed by atoms with Gasteiger partial charge in [0.15, 0.2) is 17.7 Å². The number of cyclic esters (lactones) is 1. The fraction of sp³-hybridized carbons (Fsp3) is 0.500.